The first kappa shape index (κ1) is 36.8. The third-order valence-electron chi connectivity index (χ3n) is 15.9. The largest absolute Gasteiger partial charge is 0.481 e. The number of hydrogen-bond acceptors (Lipinski definition) is 8. The molecule has 9 nitrogen and oxygen atoms in total. The summed E-state index contributed by atoms with van der Waals surface area (Å²) >= 11 is 0. The molecule has 6 aliphatic rings. The Morgan fingerprint density at radius 1 is 0.959 bits per heavy atom. The molecule has 2 heterocycles. The van der Waals surface area contributed by atoms with Gasteiger partial charge in [0, 0.05) is 43.9 Å². The van der Waals surface area contributed by atoms with Gasteiger partial charge in [-0.05, 0) is 85.0 Å². The van der Waals surface area contributed by atoms with Crippen molar-refractivity contribution < 1.29 is 33.7 Å². The third-order valence-corrected chi connectivity index (χ3v) is 15.9. The number of aliphatic carboxylic acids is 1. The van der Waals surface area contributed by atoms with E-state index in [1.807, 2.05) is 0 Å². The van der Waals surface area contributed by atoms with Crippen molar-refractivity contribution in [3.05, 3.63) is 11.6 Å². The zero-order valence-corrected chi connectivity index (χ0v) is 31.8. The van der Waals surface area contributed by atoms with Crippen LogP contribution in [0.1, 0.15) is 101 Å². The fraction of sp³-hybridized carbons (Fsp3) is 0.875. The summed E-state index contributed by atoms with van der Waals surface area (Å²) < 4.78 is 19.1. The lowest BCUT2D eigenvalue weighted by Crippen LogP contribution is -2.70. The Kier molecular flexibility index (Phi) is 9.70. The van der Waals surface area contributed by atoms with Gasteiger partial charge in [0.2, 0.25) is 0 Å². The molecule has 3 saturated carbocycles. The van der Waals surface area contributed by atoms with E-state index in [2.05, 4.69) is 71.3 Å². The maximum Gasteiger partial charge on any atom is 0.320 e. The van der Waals surface area contributed by atoms with Gasteiger partial charge in [-0.25, -0.2) is 0 Å². The lowest BCUT2D eigenvalue weighted by atomic mass is 9.34. The van der Waals surface area contributed by atoms with Gasteiger partial charge in [-0.2, -0.15) is 0 Å². The van der Waals surface area contributed by atoms with E-state index < -0.39 is 34.9 Å². The van der Waals surface area contributed by atoms with Crippen LogP contribution in [0.4, 0.5) is 0 Å². The molecule has 2 aliphatic heterocycles. The van der Waals surface area contributed by atoms with Gasteiger partial charge in [0.1, 0.15) is 12.2 Å². The van der Waals surface area contributed by atoms with E-state index in [-0.39, 0.29) is 52.5 Å². The lowest BCUT2D eigenvalue weighted by Gasteiger charge is -2.71. The number of esters is 2. The molecule has 6 rings (SSSR count). The smallest absolute Gasteiger partial charge is 0.320 e. The van der Waals surface area contributed by atoms with Gasteiger partial charge in [-0.1, -0.05) is 67.0 Å². The molecule has 49 heavy (non-hydrogen) atoms. The highest BCUT2D eigenvalue weighted by Crippen LogP contribution is 2.75. The maximum absolute atomic E-state index is 13.6. The van der Waals surface area contributed by atoms with Crippen molar-refractivity contribution in [3.63, 3.8) is 0 Å². The zero-order chi connectivity index (χ0) is 35.7. The second-order valence-electron chi connectivity index (χ2n) is 18.3. The van der Waals surface area contributed by atoms with Gasteiger partial charge in [0.15, 0.2) is 0 Å². The van der Waals surface area contributed by atoms with Crippen LogP contribution >= 0.6 is 0 Å². The van der Waals surface area contributed by atoms with E-state index >= 15 is 0 Å². The van der Waals surface area contributed by atoms with Gasteiger partial charge < -0.3 is 24.2 Å². The first-order chi connectivity index (χ1) is 23.0. The van der Waals surface area contributed by atoms with Gasteiger partial charge in [-0.15, -0.1) is 0 Å². The highest BCUT2D eigenvalue weighted by molar-refractivity contribution is 5.73. The summed E-state index contributed by atoms with van der Waals surface area (Å²) in [5, 5.41) is 11.0. The topological polar surface area (TPSA) is 106 Å². The molecule has 9 heteroatoms. The van der Waals surface area contributed by atoms with Crippen LogP contribution in [-0.2, 0) is 28.6 Å². The van der Waals surface area contributed by atoms with Gasteiger partial charge in [0.05, 0.1) is 25.7 Å². The van der Waals surface area contributed by atoms with E-state index in [4.69, 9.17) is 14.2 Å². The quantitative estimate of drug-likeness (QED) is 0.242. The van der Waals surface area contributed by atoms with Gasteiger partial charge in [0.25, 0.3) is 0 Å². The minimum Gasteiger partial charge on any atom is -0.481 e. The van der Waals surface area contributed by atoms with Gasteiger partial charge in [-0.3, -0.25) is 19.3 Å². The van der Waals surface area contributed by atoms with Crippen LogP contribution in [-0.4, -0.2) is 97.5 Å². The second-order valence-corrected chi connectivity index (χ2v) is 18.3. The molecule has 2 saturated heterocycles. The SMILES string of the molecule is CCN1CCN(CC(=O)O[C@H]2[C@H](OC(C)=O)C[C@]34COC[C@]2(C)[C@@H]3CC[C@H]2C4=CC[C@@]3(C)[C@H](C(=O)O)[C@@](C)([C@H](C)C(C)C)CC[C@]23C)CC1. The van der Waals surface area contributed by atoms with Crippen LogP contribution in [0.25, 0.3) is 0 Å². The maximum atomic E-state index is 13.6. The monoisotopic (exact) mass is 684 g/mol. The number of carboxylic acid groups (broad SMARTS) is 1. The van der Waals surface area contributed by atoms with Gasteiger partial charge >= 0.3 is 17.9 Å². The molecule has 0 aromatic rings. The number of carbonyl (C=O) groups excluding carboxylic acids is 2. The Balaban J connectivity index is 1.33. The standard InChI is InChI=1S/C40H64N2O7/c1-10-41-17-19-42(20-18-41)22-32(44)49-34-30(48-27(5)43)21-40-24-47-23-37(34,7)31(40)12-11-28-29(40)13-14-39(9)33(35(45)46)36(6,26(4)25(2)3)15-16-38(28,39)8/h13,25-26,28,30-31,33-34H,10-12,14-24H2,1-9H3,(H,45,46)/t26-,28+,30-,31+,33-,34+,36-,37-,38-,39+,40-/m1/s1. The van der Waals surface area contributed by atoms with E-state index in [0.29, 0.717) is 32.0 Å². The Labute approximate surface area is 294 Å². The van der Waals surface area contributed by atoms with Crippen molar-refractivity contribution in [1.82, 2.24) is 9.80 Å². The van der Waals surface area contributed by atoms with E-state index in [1.165, 1.54) is 12.5 Å². The number of carbonyl (C=O) groups is 3. The molecule has 0 unspecified atom stereocenters. The second kappa shape index (κ2) is 12.9. The summed E-state index contributed by atoms with van der Waals surface area (Å²) in [5.41, 5.74) is -0.405. The van der Waals surface area contributed by atoms with E-state index in [1.54, 1.807) is 0 Å². The number of ether oxygens (including phenoxy) is 3. The number of allylic oxidation sites excluding steroid dienone is 1. The molecule has 0 spiro atoms. The summed E-state index contributed by atoms with van der Waals surface area (Å²) in [6.45, 7) is 25.2. The third kappa shape index (κ3) is 5.62. The predicted octanol–water partition coefficient (Wildman–Crippen LogP) is 6.06. The summed E-state index contributed by atoms with van der Waals surface area (Å²) in [6, 6.07) is 0. The van der Waals surface area contributed by atoms with Crippen LogP contribution in [0.15, 0.2) is 11.6 Å². The summed E-state index contributed by atoms with van der Waals surface area (Å²) in [5.74, 6) is -0.643. The molecular formula is C40H64N2O7. The molecule has 5 fully saturated rings. The molecule has 4 aliphatic carbocycles. The molecule has 11 atom stereocenters. The summed E-state index contributed by atoms with van der Waals surface area (Å²) in [6.07, 6.45) is 6.31. The first-order valence-corrected chi connectivity index (χ1v) is 19.3. The van der Waals surface area contributed by atoms with Crippen LogP contribution in [0.5, 0.6) is 0 Å². The van der Waals surface area contributed by atoms with Crippen molar-refractivity contribution in [1.29, 1.82) is 0 Å². The van der Waals surface area contributed by atoms with Crippen molar-refractivity contribution in [2.24, 2.45) is 56.7 Å². The number of piperazine rings is 1. The molecule has 2 bridgehead atoms. The number of hydrogen-bond donors (Lipinski definition) is 1. The molecule has 0 amide bonds. The highest BCUT2D eigenvalue weighted by Gasteiger charge is 2.72. The Morgan fingerprint density at radius 3 is 2.24 bits per heavy atom. The van der Waals surface area contributed by atoms with Crippen LogP contribution in [0, 0.1) is 56.7 Å². The van der Waals surface area contributed by atoms with E-state index in [0.717, 1.165) is 58.4 Å². The molecular weight excluding hydrogens is 620 g/mol. The Hall–Kier alpha value is -1.97. The number of carboxylic acids is 1. The number of rotatable bonds is 8. The molecule has 0 radical (unpaired) electrons. The number of nitrogens with zero attached hydrogens (tertiary/aromatic N) is 2. The molecule has 276 valence electrons. The van der Waals surface area contributed by atoms with Crippen LogP contribution in [0.3, 0.4) is 0 Å². The highest BCUT2D eigenvalue weighted by atomic mass is 16.6. The minimum atomic E-state index is -0.662. The van der Waals surface area contributed by atoms with Crippen molar-refractivity contribution >= 4 is 17.9 Å². The first-order valence-electron chi connectivity index (χ1n) is 19.3. The number of likely N-dealkylation sites (N-methyl/N-ethyl adjacent to an activating group) is 1. The molecule has 1 N–H and O–H groups in total. The number of fused-ring (bicyclic) bond motifs is 3. The fourth-order valence-electron chi connectivity index (χ4n) is 12.7. The predicted molar refractivity (Wildman–Crippen MR) is 188 cm³/mol. The average molecular weight is 685 g/mol. The average Bonchev–Trinajstić information content (AvgIpc) is 3.03. The summed E-state index contributed by atoms with van der Waals surface area (Å²) in [4.78, 5) is 44.2. The molecule has 0 aromatic carbocycles. The lowest BCUT2D eigenvalue weighted by molar-refractivity contribution is -0.263. The fourth-order valence-corrected chi connectivity index (χ4v) is 12.7. The zero-order valence-electron chi connectivity index (χ0n) is 31.8. The normalized spacial score (nSPS) is 44.5. The minimum absolute atomic E-state index is 0.201. The summed E-state index contributed by atoms with van der Waals surface area (Å²) in [7, 11) is 0. The molecule has 0 aromatic heterocycles. The van der Waals surface area contributed by atoms with Crippen LogP contribution in [0.2, 0.25) is 0 Å². The van der Waals surface area contributed by atoms with E-state index in [9.17, 15) is 19.5 Å². The van der Waals surface area contributed by atoms with Crippen molar-refractivity contribution in [3.8, 4) is 0 Å². The van der Waals surface area contributed by atoms with Crippen LogP contribution < -0.4 is 0 Å². The Morgan fingerprint density at radius 2 is 1.63 bits per heavy atom. The van der Waals surface area contributed by atoms with Crippen molar-refractivity contribution in [2.75, 3.05) is 52.5 Å². The van der Waals surface area contributed by atoms with Crippen molar-refractivity contribution in [2.45, 2.75) is 113 Å². The Bertz CT molecular complexity index is 1340.